The average Bonchev–Trinajstić information content (AvgIpc) is 2.66. The number of carbonyl (C=O) groups is 2. The number of urea groups is 1. The van der Waals surface area contributed by atoms with Gasteiger partial charge in [0, 0.05) is 6.04 Å². The standard InChI is InChI=1S/C15H17FN2O2/c16-11-7-4-5-9-13(11)18-14(19)10-6-2-1-3-8-12(10)17-15(18)20/h4-5,7,9-10,12H,1-3,6,8H2,(H,17,20). The van der Waals surface area contributed by atoms with E-state index in [9.17, 15) is 14.0 Å². The van der Waals surface area contributed by atoms with Crippen molar-refractivity contribution >= 4 is 17.6 Å². The summed E-state index contributed by atoms with van der Waals surface area (Å²) in [6, 6.07) is 5.28. The van der Waals surface area contributed by atoms with Gasteiger partial charge in [-0.1, -0.05) is 31.4 Å². The Morgan fingerprint density at radius 2 is 1.85 bits per heavy atom. The highest BCUT2D eigenvalue weighted by Gasteiger charge is 2.42. The van der Waals surface area contributed by atoms with Crippen LogP contribution in [0.1, 0.15) is 32.1 Å². The fourth-order valence-electron chi connectivity index (χ4n) is 3.13. The number of rotatable bonds is 1. The summed E-state index contributed by atoms with van der Waals surface area (Å²) in [6.07, 6.45) is 4.67. The van der Waals surface area contributed by atoms with E-state index in [1.807, 2.05) is 0 Å². The molecule has 1 heterocycles. The normalized spacial score (nSPS) is 26.8. The lowest BCUT2D eigenvalue weighted by atomic mass is 9.91. The van der Waals surface area contributed by atoms with Gasteiger partial charge < -0.3 is 5.32 Å². The Kier molecular flexibility index (Phi) is 3.42. The molecule has 1 aromatic rings. The van der Waals surface area contributed by atoms with Crippen molar-refractivity contribution in [2.75, 3.05) is 4.90 Å². The molecule has 2 fully saturated rings. The van der Waals surface area contributed by atoms with E-state index in [2.05, 4.69) is 5.32 Å². The second-order valence-electron chi connectivity index (χ2n) is 5.43. The second kappa shape index (κ2) is 5.23. The van der Waals surface area contributed by atoms with Crippen LogP contribution in [0.25, 0.3) is 0 Å². The molecule has 106 valence electrons. The third-order valence-electron chi connectivity index (χ3n) is 4.16. The van der Waals surface area contributed by atoms with Crippen LogP contribution >= 0.6 is 0 Å². The number of imide groups is 1. The van der Waals surface area contributed by atoms with Gasteiger partial charge in [-0.2, -0.15) is 0 Å². The maximum atomic E-state index is 13.9. The van der Waals surface area contributed by atoms with Gasteiger partial charge in [0.05, 0.1) is 11.6 Å². The maximum Gasteiger partial charge on any atom is 0.329 e. The molecule has 2 aliphatic rings. The van der Waals surface area contributed by atoms with Crippen molar-refractivity contribution in [3.05, 3.63) is 30.1 Å². The van der Waals surface area contributed by atoms with Crippen LogP contribution in [0.2, 0.25) is 0 Å². The minimum absolute atomic E-state index is 0.0395. The van der Waals surface area contributed by atoms with E-state index in [4.69, 9.17) is 0 Å². The first-order chi connectivity index (χ1) is 9.68. The number of para-hydroxylation sites is 1. The molecule has 1 aliphatic carbocycles. The van der Waals surface area contributed by atoms with Crippen LogP contribution in [-0.4, -0.2) is 18.0 Å². The molecule has 0 spiro atoms. The number of carbonyl (C=O) groups excluding carboxylic acids is 2. The van der Waals surface area contributed by atoms with Gasteiger partial charge in [-0.15, -0.1) is 0 Å². The topological polar surface area (TPSA) is 49.4 Å². The minimum Gasteiger partial charge on any atom is -0.334 e. The highest BCUT2D eigenvalue weighted by molar-refractivity contribution is 6.17. The minimum atomic E-state index is -0.553. The molecule has 1 aromatic carbocycles. The molecule has 3 rings (SSSR count). The van der Waals surface area contributed by atoms with Gasteiger partial charge in [-0.25, -0.2) is 14.1 Å². The predicted octanol–water partition coefficient (Wildman–Crippen LogP) is 2.83. The van der Waals surface area contributed by atoms with Crippen LogP contribution < -0.4 is 10.2 Å². The first-order valence-corrected chi connectivity index (χ1v) is 7.07. The smallest absolute Gasteiger partial charge is 0.329 e. The fourth-order valence-corrected chi connectivity index (χ4v) is 3.13. The molecule has 2 atom stereocenters. The number of halogens is 1. The van der Waals surface area contributed by atoms with Crippen molar-refractivity contribution in [2.45, 2.75) is 38.1 Å². The van der Waals surface area contributed by atoms with Gasteiger partial charge in [0.2, 0.25) is 5.91 Å². The Hall–Kier alpha value is -1.91. The van der Waals surface area contributed by atoms with E-state index >= 15 is 0 Å². The zero-order valence-corrected chi connectivity index (χ0v) is 11.1. The third-order valence-corrected chi connectivity index (χ3v) is 4.16. The highest BCUT2D eigenvalue weighted by atomic mass is 19.1. The molecule has 1 N–H and O–H groups in total. The van der Waals surface area contributed by atoms with Crippen LogP contribution in [0, 0.1) is 11.7 Å². The maximum absolute atomic E-state index is 13.9. The number of hydrogen-bond donors (Lipinski definition) is 1. The monoisotopic (exact) mass is 276 g/mol. The van der Waals surface area contributed by atoms with Gasteiger partial charge in [0.15, 0.2) is 0 Å². The van der Waals surface area contributed by atoms with Crippen LogP contribution in [0.3, 0.4) is 0 Å². The molecule has 4 nitrogen and oxygen atoms in total. The van der Waals surface area contributed by atoms with Gasteiger partial charge in [0.1, 0.15) is 5.82 Å². The summed E-state index contributed by atoms with van der Waals surface area (Å²) in [4.78, 5) is 25.7. The van der Waals surface area contributed by atoms with Gasteiger partial charge in [-0.05, 0) is 25.0 Å². The third kappa shape index (κ3) is 2.17. The lowest BCUT2D eigenvalue weighted by molar-refractivity contribution is -0.123. The number of benzene rings is 1. The summed E-state index contributed by atoms with van der Waals surface area (Å²) in [5.41, 5.74) is 0.0395. The van der Waals surface area contributed by atoms with Crippen molar-refractivity contribution in [2.24, 2.45) is 5.92 Å². The Morgan fingerprint density at radius 1 is 1.10 bits per heavy atom. The van der Waals surface area contributed by atoms with E-state index in [1.54, 1.807) is 12.1 Å². The van der Waals surface area contributed by atoms with Gasteiger partial charge in [0.25, 0.3) is 0 Å². The van der Waals surface area contributed by atoms with Crippen molar-refractivity contribution < 1.29 is 14.0 Å². The number of nitrogens with zero attached hydrogens (tertiary/aromatic N) is 1. The molecule has 1 saturated heterocycles. The van der Waals surface area contributed by atoms with Crippen molar-refractivity contribution in [3.8, 4) is 0 Å². The molecule has 20 heavy (non-hydrogen) atoms. The molecule has 1 saturated carbocycles. The first-order valence-electron chi connectivity index (χ1n) is 7.07. The summed E-state index contributed by atoms with van der Waals surface area (Å²) >= 11 is 0. The number of hydrogen-bond acceptors (Lipinski definition) is 2. The molecular weight excluding hydrogens is 259 g/mol. The quantitative estimate of drug-likeness (QED) is 0.857. The molecule has 2 unspecified atom stereocenters. The lowest BCUT2D eigenvalue weighted by Crippen LogP contribution is -2.60. The van der Waals surface area contributed by atoms with Gasteiger partial charge >= 0.3 is 6.03 Å². The van der Waals surface area contributed by atoms with Crippen LogP contribution in [0.5, 0.6) is 0 Å². The van der Waals surface area contributed by atoms with E-state index < -0.39 is 11.8 Å². The van der Waals surface area contributed by atoms with Crippen molar-refractivity contribution in [3.63, 3.8) is 0 Å². The first kappa shape index (κ1) is 13.1. The highest BCUT2D eigenvalue weighted by Crippen LogP contribution is 2.31. The Labute approximate surface area is 117 Å². The Morgan fingerprint density at radius 3 is 2.65 bits per heavy atom. The summed E-state index contributed by atoms with van der Waals surface area (Å²) < 4.78 is 13.9. The van der Waals surface area contributed by atoms with Gasteiger partial charge in [-0.3, -0.25) is 4.79 Å². The molecule has 0 bridgehead atoms. The zero-order chi connectivity index (χ0) is 14.1. The van der Waals surface area contributed by atoms with E-state index in [1.165, 1.54) is 12.1 Å². The summed E-state index contributed by atoms with van der Waals surface area (Å²) in [5, 5.41) is 2.86. The van der Waals surface area contributed by atoms with E-state index in [0.717, 1.165) is 37.0 Å². The lowest BCUT2D eigenvalue weighted by Gasteiger charge is -2.36. The summed E-state index contributed by atoms with van der Waals surface area (Å²) in [6.45, 7) is 0. The SMILES string of the molecule is O=C1NC2CCCCCC2C(=O)N1c1ccccc1F. The van der Waals surface area contributed by atoms with E-state index in [0.29, 0.717) is 0 Å². The fraction of sp³-hybridized carbons (Fsp3) is 0.467. The van der Waals surface area contributed by atoms with Crippen molar-refractivity contribution in [1.29, 1.82) is 0 Å². The molecule has 5 heteroatoms. The molecule has 0 radical (unpaired) electrons. The zero-order valence-electron chi connectivity index (χ0n) is 11.1. The average molecular weight is 276 g/mol. The van der Waals surface area contributed by atoms with Crippen LogP contribution in [0.15, 0.2) is 24.3 Å². The number of fused-ring (bicyclic) bond motifs is 1. The Bertz CT molecular complexity index is 546. The van der Waals surface area contributed by atoms with Crippen LogP contribution in [-0.2, 0) is 4.79 Å². The molecule has 1 aliphatic heterocycles. The largest absolute Gasteiger partial charge is 0.334 e. The van der Waals surface area contributed by atoms with Crippen LogP contribution in [0.4, 0.5) is 14.9 Å². The summed E-state index contributed by atoms with van der Waals surface area (Å²) in [7, 11) is 0. The number of nitrogens with one attached hydrogen (secondary N) is 1. The number of anilines is 1. The van der Waals surface area contributed by atoms with E-state index in [-0.39, 0.29) is 23.6 Å². The molecule has 3 amide bonds. The van der Waals surface area contributed by atoms with Crippen molar-refractivity contribution in [1.82, 2.24) is 5.32 Å². The molecular formula is C15H17FN2O2. The second-order valence-corrected chi connectivity index (χ2v) is 5.43. The number of amides is 3. The summed E-state index contributed by atoms with van der Waals surface area (Å²) in [5.74, 6) is -1.05. The Balaban J connectivity index is 1.94. The molecule has 0 aromatic heterocycles. The predicted molar refractivity (Wildman–Crippen MR) is 72.8 cm³/mol.